The van der Waals surface area contributed by atoms with Gasteiger partial charge in [0.05, 0.1) is 22.6 Å². The Bertz CT molecular complexity index is 738. The first-order valence-electron chi connectivity index (χ1n) is 6.50. The monoisotopic (exact) mass is 317 g/mol. The fraction of sp³-hybridized carbons (Fsp3) is 0.0625. The van der Waals surface area contributed by atoms with Gasteiger partial charge in [-0.15, -0.1) is 0 Å². The lowest BCUT2D eigenvalue weighted by Crippen LogP contribution is -1.99. The number of aromatic nitrogens is 2. The van der Waals surface area contributed by atoms with Crippen molar-refractivity contribution in [1.82, 2.24) is 9.78 Å². The van der Waals surface area contributed by atoms with Crippen LogP contribution >= 0.6 is 23.2 Å². The SMILES string of the molecule is Clc1ccc(Cl)c(NCc2cnn(-c3ccccc3)c2)c1. The summed E-state index contributed by atoms with van der Waals surface area (Å²) in [6, 6.07) is 15.3. The van der Waals surface area contributed by atoms with Crippen LogP contribution in [0.15, 0.2) is 60.9 Å². The highest BCUT2D eigenvalue weighted by molar-refractivity contribution is 6.35. The van der Waals surface area contributed by atoms with E-state index in [9.17, 15) is 0 Å². The van der Waals surface area contributed by atoms with Crippen LogP contribution in [-0.2, 0) is 6.54 Å². The van der Waals surface area contributed by atoms with Gasteiger partial charge in [-0.3, -0.25) is 0 Å². The standard InChI is InChI=1S/C16H13Cl2N3/c17-13-6-7-15(18)16(8-13)19-9-12-10-20-21(11-12)14-4-2-1-3-5-14/h1-8,10-11,19H,9H2. The van der Waals surface area contributed by atoms with Gasteiger partial charge >= 0.3 is 0 Å². The van der Waals surface area contributed by atoms with Gasteiger partial charge in [-0.2, -0.15) is 5.10 Å². The second kappa shape index (κ2) is 6.20. The number of hydrogen-bond donors (Lipinski definition) is 1. The fourth-order valence-corrected chi connectivity index (χ4v) is 2.36. The molecule has 0 saturated heterocycles. The third-order valence-electron chi connectivity index (χ3n) is 3.07. The first-order valence-corrected chi connectivity index (χ1v) is 7.26. The number of nitrogens with one attached hydrogen (secondary N) is 1. The van der Waals surface area contributed by atoms with Crippen LogP contribution in [0.4, 0.5) is 5.69 Å². The molecule has 0 radical (unpaired) electrons. The Kier molecular flexibility index (Phi) is 4.13. The molecule has 1 N–H and O–H groups in total. The maximum absolute atomic E-state index is 6.12. The van der Waals surface area contributed by atoms with E-state index in [1.165, 1.54) is 0 Å². The smallest absolute Gasteiger partial charge is 0.0645 e. The van der Waals surface area contributed by atoms with Gasteiger partial charge in [0.15, 0.2) is 0 Å². The minimum Gasteiger partial charge on any atom is -0.380 e. The number of anilines is 1. The van der Waals surface area contributed by atoms with Gasteiger partial charge in [0.25, 0.3) is 0 Å². The van der Waals surface area contributed by atoms with E-state index in [1.807, 2.05) is 53.5 Å². The van der Waals surface area contributed by atoms with E-state index in [-0.39, 0.29) is 0 Å². The van der Waals surface area contributed by atoms with Gasteiger partial charge < -0.3 is 5.32 Å². The molecular weight excluding hydrogens is 305 g/mol. The summed E-state index contributed by atoms with van der Waals surface area (Å²) in [7, 11) is 0. The van der Waals surface area contributed by atoms with Crippen LogP contribution in [0.1, 0.15) is 5.56 Å². The zero-order valence-corrected chi connectivity index (χ0v) is 12.6. The minimum atomic E-state index is 0.632. The lowest BCUT2D eigenvalue weighted by molar-refractivity contribution is 0.880. The number of rotatable bonds is 4. The van der Waals surface area contributed by atoms with Crippen molar-refractivity contribution in [3.05, 3.63) is 76.5 Å². The van der Waals surface area contributed by atoms with Gasteiger partial charge in [-0.05, 0) is 30.3 Å². The molecular formula is C16H13Cl2N3. The molecule has 0 aliphatic rings. The Morgan fingerprint density at radius 2 is 1.86 bits per heavy atom. The van der Waals surface area contributed by atoms with Crippen molar-refractivity contribution in [3.8, 4) is 5.69 Å². The molecule has 2 aromatic carbocycles. The second-order valence-electron chi connectivity index (χ2n) is 4.61. The third-order valence-corrected chi connectivity index (χ3v) is 3.63. The van der Waals surface area contributed by atoms with E-state index < -0.39 is 0 Å². The molecule has 0 amide bonds. The molecule has 0 aliphatic heterocycles. The van der Waals surface area contributed by atoms with Gasteiger partial charge in [0.2, 0.25) is 0 Å². The average molecular weight is 318 g/mol. The normalized spacial score (nSPS) is 10.6. The molecule has 0 fully saturated rings. The first-order chi connectivity index (χ1) is 10.2. The molecule has 0 saturated carbocycles. The zero-order valence-electron chi connectivity index (χ0n) is 11.1. The number of para-hydroxylation sites is 1. The van der Waals surface area contributed by atoms with Crippen LogP contribution < -0.4 is 5.32 Å². The van der Waals surface area contributed by atoms with Crippen LogP contribution in [0.25, 0.3) is 5.69 Å². The largest absolute Gasteiger partial charge is 0.380 e. The van der Waals surface area contributed by atoms with Crippen molar-refractivity contribution < 1.29 is 0 Å². The van der Waals surface area contributed by atoms with Crippen molar-refractivity contribution in [1.29, 1.82) is 0 Å². The van der Waals surface area contributed by atoms with E-state index in [0.29, 0.717) is 16.6 Å². The minimum absolute atomic E-state index is 0.632. The van der Waals surface area contributed by atoms with E-state index >= 15 is 0 Å². The molecule has 5 heteroatoms. The van der Waals surface area contributed by atoms with E-state index in [0.717, 1.165) is 16.9 Å². The number of hydrogen-bond acceptors (Lipinski definition) is 2. The zero-order chi connectivity index (χ0) is 14.7. The van der Waals surface area contributed by atoms with E-state index in [4.69, 9.17) is 23.2 Å². The van der Waals surface area contributed by atoms with E-state index in [2.05, 4.69) is 10.4 Å². The molecule has 0 unspecified atom stereocenters. The predicted molar refractivity (Wildman–Crippen MR) is 87.4 cm³/mol. The molecule has 3 nitrogen and oxygen atoms in total. The van der Waals surface area contributed by atoms with Crippen molar-refractivity contribution in [3.63, 3.8) is 0 Å². The first kappa shape index (κ1) is 14.0. The number of halogens is 2. The maximum Gasteiger partial charge on any atom is 0.0645 e. The molecule has 1 aromatic heterocycles. The summed E-state index contributed by atoms with van der Waals surface area (Å²) in [5.74, 6) is 0. The third kappa shape index (κ3) is 3.38. The molecule has 0 spiro atoms. The Labute approximate surface area is 133 Å². The quantitative estimate of drug-likeness (QED) is 0.749. The van der Waals surface area contributed by atoms with Crippen LogP contribution in [-0.4, -0.2) is 9.78 Å². The summed E-state index contributed by atoms with van der Waals surface area (Å²) in [5.41, 5.74) is 2.91. The highest BCUT2D eigenvalue weighted by atomic mass is 35.5. The molecule has 0 atom stereocenters. The van der Waals surface area contributed by atoms with Crippen molar-refractivity contribution in [2.75, 3.05) is 5.32 Å². The summed E-state index contributed by atoms with van der Waals surface area (Å²) in [4.78, 5) is 0. The summed E-state index contributed by atoms with van der Waals surface area (Å²) >= 11 is 12.1. The Morgan fingerprint density at radius 1 is 1.05 bits per heavy atom. The average Bonchev–Trinajstić information content (AvgIpc) is 2.98. The van der Waals surface area contributed by atoms with Crippen LogP contribution in [0.3, 0.4) is 0 Å². The molecule has 21 heavy (non-hydrogen) atoms. The van der Waals surface area contributed by atoms with Gasteiger partial charge in [0, 0.05) is 23.3 Å². The molecule has 1 heterocycles. The second-order valence-corrected chi connectivity index (χ2v) is 5.45. The van der Waals surface area contributed by atoms with Crippen LogP contribution in [0, 0.1) is 0 Å². The highest BCUT2D eigenvalue weighted by Gasteiger charge is 2.03. The summed E-state index contributed by atoms with van der Waals surface area (Å²) in [6.45, 7) is 0.632. The van der Waals surface area contributed by atoms with Crippen molar-refractivity contribution in [2.24, 2.45) is 0 Å². The van der Waals surface area contributed by atoms with Gasteiger partial charge in [-0.1, -0.05) is 41.4 Å². The van der Waals surface area contributed by atoms with Crippen molar-refractivity contribution >= 4 is 28.9 Å². The lowest BCUT2D eigenvalue weighted by Gasteiger charge is -2.07. The number of nitrogens with zero attached hydrogens (tertiary/aromatic N) is 2. The van der Waals surface area contributed by atoms with Gasteiger partial charge in [0.1, 0.15) is 0 Å². The van der Waals surface area contributed by atoms with Crippen LogP contribution in [0.2, 0.25) is 10.0 Å². The topological polar surface area (TPSA) is 29.9 Å². The Balaban J connectivity index is 1.72. The molecule has 3 rings (SSSR count). The Morgan fingerprint density at radius 3 is 2.67 bits per heavy atom. The molecule has 0 aliphatic carbocycles. The molecule has 106 valence electrons. The van der Waals surface area contributed by atoms with Crippen LogP contribution in [0.5, 0.6) is 0 Å². The summed E-state index contributed by atoms with van der Waals surface area (Å²) in [6.07, 6.45) is 3.82. The molecule has 0 bridgehead atoms. The molecule has 3 aromatic rings. The Hall–Kier alpha value is -1.97. The van der Waals surface area contributed by atoms with E-state index in [1.54, 1.807) is 12.1 Å². The summed E-state index contributed by atoms with van der Waals surface area (Å²) < 4.78 is 1.84. The number of benzene rings is 2. The predicted octanol–water partition coefficient (Wildman–Crippen LogP) is 4.79. The summed E-state index contributed by atoms with van der Waals surface area (Å²) in [5, 5.41) is 8.92. The fourth-order valence-electron chi connectivity index (χ4n) is 2.00. The highest BCUT2D eigenvalue weighted by Crippen LogP contribution is 2.25. The van der Waals surface area contributed by atoms with Gasteiger partial charge in [-0.25, -0.2) is 4.68 Å². The van der Waals surface area contributed by atoms with Crippen molar-refractivity contribution in [2.45, 2.75) is 6.54 Å². The maximum atomic E-state index is 6.12. The lowest BCUT2D eigenvalue weighted by atomic mass is 10.3.